The first-order valence-electron chi connectivity index (χ1n) is 6.38. The van der Waals surface area contributed by atoms with Crippen LogP contribution in [-0.4, -0.2) is 16.0 Å². The molecular formula is C14H13BrFN3O. The third-order valence-corrected chi connectivity index (χ3v) is 3.54. The Bertz CT molecular complexity index is 619. The van der Waals surface area contributed by atoms with Gasteiger partial charge in [-0.05, 0) is 47.0 Å². The fraction of sp³-hybridized carbons (Fsp3) is 0.286. The molecule has 6 heteroatoms. The molecule has 20 heavy (non-hydrogen) atoms. The fourth-order valence-corrected chi connectivity index (χ4v) is 2.16. The van der Waals surface area contributed by atoms with Crippen LogP contribution in [0.1, 0.15) is 18.5 Å². The maximum absolute atomic E-state index is 13.0. The highest BCUT2D eigenvalue weighted by Gasteiger charge is 2.20. The SMILES string of the molecule is Fc1ccc(Oc2cncc(CNC3CC3)n2)c(Br)c1. The molecule has 1 saturated carbocycles. The van der Waals surface area contributed by atoms with E-state index in [4.69, 9.17) is 4.74 Å². The van der Waals surface area contributed by atoms with Crippen molar-refractivity contribution in [3.63, 3.8) is 0 Å². The monoisotopic (exact) mass is 337 g/mol. The maximum Gasteiger partial charge on any atom is 0.238 e. The van der Waals surface area contributed by atoms with Crippen molar-refractivity contribution in [3.8, 4) is 11.6 Å². The zero-order chi connectivity index (χ0) is 13.9. The van der Waals surface area contributed by atoms with Gasteiger partial charge in [0.1, 0.15) is 11.6 Å². The van der Waals surface area contributed by atoms with E-state index in [0.717, 1.165) is 5.69 Å². The van der Waals surface area contributed by atoms with Crippen molar-refractivity contribution in [3.05, 3.63) is 46.6 Å². The second-order valence-corrected chi connectivity index (χ2v) is 5.53. The Morgan fingerprint density at radius 2 is 2.20 bits per heavy atom. The summed E-state index contributed by atoms with van der Waals surface area (Å²) in [5.74, 6) is 0.582. The molecule has 0 unspecified atom stereocenters. The van der Waals surface area contributed by atoms with Crippen LogP contribution in [0, 0.1) is 5.82 Å². The molecule has 1 fully saturated rings. The van der Waals surface area contributed by atoms with E-state index in [1.165, 1.54) is 31.2 Å². The van der Waals surface area contributed by atoms with Gasteiger partial charge in [0.15, 0.2) is 0 Å². The van der Waals surface area contributed by atoms with E-state index in [1.807, 2.05) is 0 Å². The van der Waals surface area contributed by atoms with Crippen LogP contribution in [0.15, 0.2) is 35.1 Å². The van der Waals surface area contributed by atoms with Crippen molar-refractivity contribution >= 4 is 15.9 Å². The van der Waals surface area contributed by atoms with Crippen LogP contribution >= 0.6 is 15.9 Å². The molecule has 1 aromatic carbocycles. The average molecular weight is 338 g/mol. The molecule has 4 nitrogen and oxygen atoms in total. The summed E-state index contributed by atoms with van der Waals surface area (Å²) in [5.41, 5.74) is 0.827. The largest absolute Gasteiger partial charge is 0.436 e. The summed E-state index contributed by atoms with van der Waals surface area (Å²) >= 11 is 3.26. The smallest absolute Gasteiger partial charge is 0.238 e. The molecule has 0 saturated heterocycles. The van der Waals surface area contributed by atoms with E-state index in [9.17, 15) is 4.39 Å². The molecule has 3 rings (SSSR count). The zero-order valence-electron chi connectivity index (χ0n) is 10.6. The van der Waals surface area contributed by atoms with Crippen molar-refractivity contribution in [1.82, 2.24) is 15.3 Å². The lowest BCUT2D eigenvalue weighted by molar-refractivity contribution is 0.451. The molecule has 0 radical (unpaired) electrons. The molecule has 1 N–H and O–H groups in total. The van der Waals surface area contributed by atoms with Crippen molar-refractivity contribution in [2.24, 2.45) is 0 Å². The topological polar surface area (TPSA) is 47.0 Å². The van der Waals surface area contributed by atoms with Gasteiger partial charge in [-0.1, -0.05) is 0 Å². The first-order valence-corrected chi connectivity index (χ1v) is 7.17. The Balaban J connectivity index is 1.70. The summed E-state index contributed by atoms with van der Waals surface area (Å²) in [6.07, 6.45) is 5.71. The summed E-state index contributed by atoms with van der Waals surface area (Å²) in [6.45, 7) is 0.680. The molecule has 104 valence electrons. The van der Waals surface area contributed by atoms with E-state index in [2.05, 4.69) is 31.2 Å². The maximum atomic E-state index is 13.0. The Hall–Kier alpha value is -1.53. The van der Waals surface area contributed by atoms with Gasteiger partial charge < -0.3 is 10.1 Å². The fourth-order valence-electron chi connectivity index (χ4n) is 1.73. The number of nitrogens with one attached hydrogen (secondary N) is 1. The van der Waals surface area contributed by atoms with Crippen LogP contribution in [-0.2, 0) is 6.54 Å². The normalized spacial score (nSPS) is 14.3. The molecule has 0 bridgehead atoms. The molecule has 0 atom stereocenters. The van der Waals surface area contributed by atoms with E-state index in [-0.39, 0.29) is 5.82 Å². The van der Waals surface area contributed by atoms with E-state index < -0.39 is 0 Å². The van der Waals surface area contributed by atoms with Crippen LogP contribution in [0.4, 0.5) is 4.39 Å². The zero-order valence-corrected chi connectivity index (χ0v) is 12.2. The Morgan fingerprint density at radius 1 is 1.35 bits per heavy atom. The number of benzene rings is 1. The van der Waals surface area contributed by atoms with Crippen molar-refractivity contribution in [2.45, 2.75) is 25.4 Å². The number of rotatable bonds is 5. The van der Waals surface area contributed by atoms with E-state index >= 15 is 0 Å². The third kappa shape index (κ3) is 3.52. The van der Waals surface area contributed by atoms with Crippen LogP contribution < -0.4 is 10.1 Å². The molecule has 1 aliphatic rings. The van der Waals surface area contributed by atoms with Crippen LogP contribution in [0.3, 0.4) is 0 Å². The molecule has 2 aromatic rings. The third-order valence-electron chi connectivity index (χ3n) is 2.92. The molecule has 1 aliphatic carbocycles. The number of halogens is 2. The minimum absolute atomic E-state index is 0.322. The van der Waals surface area contributed by atoms with Crippen LogP contribution in [0.5, 0.6) is 11.6 Å². The van der Waals surface area contributed by atoms with Crippen molar-refractivity contribution in [2.75, 3.05) is 0 Å². The van der Waals surface area contributed by atoms with Gasteiger partial charge in [0, 0.05) is 18.8 Å². The lowest BCUT2D eigenvalue weighted by atomic mass is 10.3. The van der Waals surface area contributed by atoms with Gasteiger partial charge in [0.2, 0.25) is 5.88 Å². The summed E-state index contributed by atoms with van der Waals surface area (Å²) < 4.78 is 19.2. The Kier molecular flexibility index (Phi) is 3.93. The second-order valence-electron chi connectivity index (χ2n) is 4.68. The lowest BCUT2D eigenvalue weighted by Gasteiger charge is -2.08. The van der Waals surface area contributed by atoms with Gasteiger partial charge in [-0.2, -0.15) is 0 Å². The summed E-state index contributed by atoms with van der Waals surface area (Å²) in [6, 6.07) is 4.86. The Morgan fingerprint density at radius 3 is 2.95 bits per heavy atom. The number of ether oxygens (including phenoxy) is 1. The molecule has 0 spiro atoms. The summed E-state index contributed by atoms with van der Waals surface area (Å²) in [4.78, 5) is 8.48. The quantitative estimate of drug-likeness (QED) is 0.908. The number of aromatic nitrogens is 2. The van der Waals surface area contributed by atoms with E-state index in [0.29, 0.717) is 28.7 Å². The highest BCUT2D eigenvalue weighted by Crippen LogP contribution is 2.29. The first-order chi connectivity index (χ1) is 9.70. The predicted molar refractivity (Wildman–Crippen MR) is 76.1 cm³/mol. The predicted octanol–water partition coefficient (Wildman–Crippen LogP) is 3.42. The van der Waals surface area contributed by atoms with Gasteiger partial charge in [-0.25, -0.2) is 9.37 Å². The van der Waals surface area contributed by atoms with E-state index in [1.54, 1.807) is 12.3 Å². The minimum atomic E-state index is -0.322. The molecule has 1 heterocycles. The van der Waals surface area contributed by atoms with Gasteiger partial charge in [-0.15, -0.1) is 0 Å². The first kappa shape index (κ1) is 13.5. The number of nitrogens with zero attached hydrogens (tertiary/aromatic N) is 2. The van der Waals surface area contributed by atoms with Gasteiger partial charge in [-0.3, -0.25) is 4.98 Å². The molecular weight excluding hydrogens is 325 g/mol. The van der Waals surface area contributed by atoms with Crippen LogP contribution in [0.25, 0.3) is 0 Å². The second kappa shape index (κ2) is 5.85. The number of hydrogen-bond donors (Lipinski definition) is 1. The Labute approximate surface area is 124 Å². The molecule has 0 amide bonds. The molecule has 1 aromatic heterocycles. The molecule has 0 aliphatic heterocycles. The van der Waals surface area contributed by atoms with Crippen molar-refractivity contribution < 1.29 is 9.13 Å². The van der Waals surface area contributed by atoms with Crippen molar-refractivity contribution in [1.29, 1.82) is 0 Å². The summed E-state index contributed by atoms with van der Waals surface area (Å²) in [5, 5.41) is 3.37. The van der Waals surface area contributed by atoms with Gasteiger partial charge in [0.25, 0.3) is 0 Å². The highest BCUT2D eigenvalue weighted by molar-refractivity contribution is 9.10. The highest BCUT2D eigenvalue weighted by atomic mass is 79.9. The van der Waals surface area contributed by atoms with Gasteiger partial charge >= 0.3 is 0 Å². The average Bonchev–Trinajstić information content (AvgIpc) is 3.24. The lowest BCUT2D eigenvalue weighted by Crippen LogP contribution is -2.16. The van der Waals surface area contributed by atoms with Crippen LogP contribution in [0.2, 0.25) is 0 Å². The minimum Gasteiger partial charge on any atom is -0.436 e. The standard InChI is InChI=1S/C14H13BrFN3O/c15-12-5-9(16)1-4-13(12)20-14-8-17-6-11(19-14)7-18-10-2-3-10/h1,4-6,8,10,18H,2-3,7H2. The van der Waals surface area contributed by atoms with Gasteiger partial charge in [0.05, 0.1) is 16.4 Å². The number of hydrogen-bond acceptors (Lipinski definition) is 4. The summed E-state index contributed by atoms with van der Waals surface area (Å²) in [7, 11) is 0.